The minimum absolute atomic E-state index is 0.165. The van der Waals surface area contributed by atoms with Crippen LogP contribution in [-0.2, 0) is 16.2 Å². The molecule has 0 bridgehead atoms. The van der Waals surface area contributed by atoms with Crippen LogP contribution in [0, 0.1) is 0 Å². The van der Waals surface area contributed by atoms with Crippen LogP contribution in [-0.4, -0.2) is 0 Å². The fourth-order valence-electron chi connectivity index (χ4n) is 7.23. The third-order valence-corrected chi connectivity index (χ3v) is 11.2. The lowest BCUT2D eigenvalue weighted by Gasteiger charge is -2.35. The second-order valence-electron chi connectivity index (χ2n) is 14.1. The van der Waals surface area contributed by atoms with Crippen molar-refractivity contribution in [1.29, 1.82) is 0 Å². The van der Waals surface area contributed by atoms with Gasteiger partial charge >= 0.3 is 0 Å². The summed E-state index contributed by atoms with van der Waals surface area (Å²) in [5.41, 5.74) is 10.1. The number of benzene rings is 2. The SMILES string of the molecule is CCCCCCCCC1(CCCCCCCC)c2cc(C(C)(C)CC)ccc2-c2ccc(C(C)(CC)CC)cc21. The van der Waals surface area contributed by atoms with E-state index in [1.54, 1.807) is 16.7 Å². The van der Waals surface area contributed by atoms with Crippen molar-refractivity contribution >= 4 is 0 Å². The zero-order chi connectivity index (χ0) is 29.2. The molecule has 3 rings (SSSR count). The van der Waals surface area contributed by atoms with Gasteiger partial charge in [0, 0.05) is 5.41 Å². The van der Waals surface area contributed by atoms with Gasteiger partial charge in [0.1, 0.15) is 0 Å². The summed E-state index contributed by atoms with van der Waals surface area (Å²) in [6.45, 7) is 19.1. The zero-order valence-electron chi connectivity index (χ0n) is 28.0. The quantitative estimate of drug-likeness (QED) is 0.154. The standard InChI is InChI=1S/C40H64/c1-9-14-16-18-20-22-28-40(29-23-21-19-17-15-10-2)36-30-32(38(6,7)11-3)24-26-34(36)35-27-25-33(31-37(35)40)39(8,12-4)13-5/h24-27,30-31H,9-23,28-29H2,1-8H3. The summed E-state index contributed by atoms with van der Waals surface area (Å²) in [7, 11) is 0. The number of fused-ring (bicyclic) bond motifs is 3. The molecular weight excluding hydrogens is 480 g/mol. The fourth-order valence-corrected chi connectivity index (χ4v) is 7.23. The van der Waals surface area contributed by atoms with Crippen molar-refractivity contribution in [2.75, 3.05) is 0 Å². The number of rotatable bonds is 19. The van der Waals surface area contributed by atoms with Crippen LogP contribution in [0.25, 0.3) is 11.1 Å². The molecule has 0 N–H and O–H groups in total. The lowest BCUT2D eigenvalue weighted by atomic mass is 9.68. The number of hydrogen-bond acceptors (Lipinski definition) is 0. The molecule has 2 aromatic rings. The molecule has 0 saturated heterocycles. The summed E-state index contributed by atoms with van der Waals surface area (Å²) < 4.78 is 0. The summed E-state index contributed by atoms with van der Waals surface area (Å²) in [5, 5.41) is 0. The summed E-state index contributed by atoms with van der Waals surface area (Å²) in [4.78, 5) is 0. The Morgan fingerprint density at radius 2 is 0.925 bits per heavy atom. The Labute approximate surface area is 250 Å². The first-order chi connectivity index (χ1) is 19.2. The van der Waals surface area contributed by atoms with E-state index in [1.807, 2.05) is 0 Å². The van der Waals surface area contributed by atoms with Gasteiger partial charge < -0.3 is 0 Å². The lowest BCUT2D eigenvalue weighted by molar-refractivity contribution is 0.393. The van der Waals surface area contributed by atoms with Gasteiger partial charge in [-0.1, -0.05) is 169 Å². The molecule has 0 aliphatic heterocycles. The Hall–Kier alpha value is -1.56. The van der Waals surface area contributed by atoms with Crippen LogP contribution < -0.4 is 0 Å². The molecule has 1 aliphatic carbocycles. The summed E-state index contributed by atoms with van der Waals surface area (Å²) in [5.74, 6) is 0. The van der Waals surface area contributed by atoms with Gasteiger partial charge in [-0.2, -0.15) is 0 Å². The number of unbranched alkanes of at least 4 members (excludes halogenated alkanes) is 10. The Bertz CT molecular complexity index is 1020. The van der Waals surface area contributed by atoms with Crippen molar-refractivity contribution in [3.8, 4) is 11.1 Å². The van der Waals surface area contributed by atoms with Gasteiger partial charge in [-0.3, -0.25) is 0 Å². The predicted molar refractivity (Wildman–Crippen MR) is 180 cm³/mol. The molecule has 0 heteroatoms. The maximum atomic E-state index is 2.70. The molecule has 224 valence electrons. The van der Waals surface area contributed by atoms with Gasteiger partial charge in [-0.15, -0.1) is 0 Å². The maximum absolute atomic E-state index is 2.70. The monoisotopic (exact) mass is 545 g/mol. The highest BCUT2D eigenvalue weighted by Crippen LogP contribution is 2.56. The molecule has 1 aliphatic rings. The van der Waals surface area contributed by atoms with Crippen LogP contribution in [0.1, 0.15) is 187 Å². The van der Waals surface area contributed by atoms with E-state index in [1.165, 1.54) is 126 Å². The van der Waals surface area contributed by atoms with Crippen LogP contribution in [0.4, 0.5) is 0 Å². The van der Waals surface area contributed by atoms with Gasteiger partial charge in [0.2, 0.25) is 0 Å². The smallest absolute Gasteiger partial charge is 0.0215 e. The molecule has 40 heavy (non-hydrogen) atoms. The van der Waals surface area contributed by atoms with Crippen molar-refractivity contribution in [3.63, 3.8) is 0 Å². The molecule has 0 atom stereocenters. The van der Waals surface area contributed by atoms with Crippen LogP contribution in [0.5, 0.6) is 0 Å². The Kier molecular flexibility index (Phi) is 12.4. The largest absolute Gasteiger partial charge is 0.0654 e. The van der Waals surface area contributed by atoms with E-state index in [2.05, 4.69) is 91.8 Å². The minimum atomic E-state index is 0.165. The molecule has 0 unspecified atom stereocenters. The fraction of sp³-hybridized carbons (Fsp3) is 0.700. The van der Waals surface area contributed by atoms with Crippen LogP contribution in [0.2, 0.25) is 0 Å². The van der Waals surface area contributed by atoms with Crippen molar-refractivity contribution in [1.82, 2.24) is 0 Å². The van der Waals surface area contributed by atoms with Gasteiger partial charge in [-0.05, 0) is 76.3 Å². The van der Waals surface area contributed by atoms with E-state index in [0.29, 0.717) is 0 Å². The first-order valence-electron chi connectivity index (χ1n) is 17.5. The second-order valence-corrected chi connectivity index (χ2v) is 14.1. The van der Waals surface area contributed by atoms with Crippen molar-refractivity contribution in [2.24, 2.45) is 0 Å². The van der Waals surface area contributed by atoms with Gasteiger partial charge in [0.25, 0.3) is 0 Å². The molecule has 0 nitrogen and oxygen atoms in total. The average Bonchev–Trinajstić information content (AvgIpc) is 3.24. The van der Waals surface area contributed by atoms with E-state index in [9.17, 15) is 0 Å². The molecule has 0 saturated carbocycles. The van der Waals surface area contributed by atoms with Crippen molar-refractivity contribution < 1.29 is 0 Å². The summed E-state index contributed by atoms with van der Waals surface area (Å²) in [6, 6.07) is 15.3. The molecule has 0 aromatic heterocycles. The van der Waals surface area contributed by atoms with E-state index in [0.717, 1.165) is 0 Å². The van der Waals surface area contributed by atoms with Crippen molar-refractivity contribution in [2.45, 2.75) is 181 Å². The Morgan fingerprint density at radius 3 is 1.38 bits per heavy atom. The third kappa shape index (κ3) is 7.25. The Morgan fingerprint density at radius 1 is 0.500 bits per heavy atom. The van der Waals surface area contributed by atoms with Gasteiger partial charge in [0.15, 0.2) is 0 Å². The van der Waals surface area contributed by atoms with Gasteiger partial charge in [-0.25, -0.2) is 0 Å². The van der Waals surface area contributed by atoms with Crippen LogP contribution in [0.15, 0.2) is 36.4 Å². The normalized spacial score (nSPS) is 14.4. The molecule has 0 spiro atoms. The molecule has 0 amide bonds. The van der Waals surface area contributed by atoms with E-state index >= 15 is 0 Å². The molecule has 0 fully saturated rings. The molecule has 0 heterocycles. The summed E-state index contributed by atoms with van der Waals surface area (Å²) >= 11 is 0. The summed E-state index contributed by atoms with van der Waals surface area (Å²) in [6.07, 6.45) is 22.7. The van der Waals surface area contributed by atoms with Crippen LogP contribution in [0.3, 0.4) is 0 Å². The van der Waals surface area contributed by atoms with Gasteiger partial charge in [0.05, 0.1) is 0 Å². The Balaban J connectivity index is 2.10. The van der Waals surface area contributed by atoms with E-state index < -0.39 is 0 Å². The predicted octanol–water partition coefficient (Wildman–Crippen LogP) is 13.2. The zero-order valence-corrected chi connectivity index (χ0v) is 28.0. The average molecular weight is 545 g/mol. The highest BCUT2D eigenvalue weighted by molar-refractivity contribution is 5.82. The first-order valence-corrected chi connectivity index (χ1v) is 17.5. The van der Waals surface area contributed by atoms with Crippen molar-refractivity contribution in [3.05, 3.63) is 58.7 Å². The lowest BCUT2D eigenvalue weighted by Crippen LogP contribution is -2.28. The topological polar surface area (TPSA) is 0 Å². The highest BCUT2D eigenvalue weighted by Gasteiger charge is 2.43. The molecule has 2 aromatic carbocycles. The van der Waals surface area contributed by atoms with E-state index in [4.69, 9.17) is 0 Å². The first kappa shape index (κ1) is 32.9. The van der Waals surface area contributed by atoms with E-state index in [-0.39, 0.29) is 16.2 Å². The molecule has 0 radical (unpaired) electrons. The third-order valence-electron chi connectivity index (χ3n) is 11.2. The highest BCUT2D eigenvalue weighted by atomic mass is 14.5. The second kappa shape index (κ2) is 15.1. The number of hydrogen-bond donors (Lipinski definition) is 0. The molecular formula is C40H64. The maximum Gasteiger partial charge on any atom is 0.0215 e. The minimum Gasteiger partial charge on any atom is -0.0654 e. The van der Waals surface area contributed by atoms with Crippen LogP contribution >= 0.6 is 0 Å².